The molecule has 0 amide bonds. The van der Waals surface area contributed by atoms with Gasteiger partial charge in [0.2, 0.25) is 0 Å². The number of aromatic nitrogens is 3. The van der Waals surface area contributed by atoms with Gasteiger partial charge in [0.1, 0.15) is 0 Å². The van der Waals surface area contributed by atoms with Crippen LogP contribution in [0, 0.1) is 6.92 Å². The number of nitrogens with zero attached hydrogens (tertiary/aromatic N) is 3. The van der Waals surface area contributed by atoms with E-state index in [4.69, 9.17) is 4.98 Å². The van der Waals surface area contributed by atoms with Crippen LogP contribution in [0.15, 0.2) is 30.3 Å². The Morgan fingerprint density at radius 2 is 2.06 bits per heavy atom. The van der Waals surface area contributed by atoms with Gasteiger partial charge in [-0.1, -0.05) is 12.1 Å². The molecule has 2 aromatic heterocycles. The van der Waals surface area contributed by atoms with Crippen molar-refractivity contribution in [2.45, 2.75) is 25.7 Å². The minimum absolute atomic E-state index is 0.687. The fourth-order valence-electron chi connectivity index (χ4n) is 2.39. The van der Waals surface area contributed by atoms with Crippen LogP contribution in [0.4, 0.5) is 0 Å². The van der Waals surface area contributed by atoms with Crippen LogP contribution < -0.4 is 0 Å². The zero-order chi connectivity index (χ0) is 11.4. The Kier molecular flexibility index (Phi) is 1.65. The van der Waals surface area contributed by atoms with Crippen molar-refractivity contribution in [2.75, 3.05) is 0 Å². The van der Waals surface area contributed by atoms with Gasteiger partial charge < -0.3 is 0 Å². The molecule has 0 atom stereocenters. The van der Waals surface area contributed by atoms with Gasteiger partial charge in [-0.05, 0) is 38.0 Å². The Labute approximate surface area is 99.1 Å². The zero-order valence-electron chi connectivity index (χ0n) is 9.72. The van der Waals surface area contributed by atoms with Gasteiger partial charge in [-0.2, -0.15) is 5.10 Å². The first-order chi connectivity index (χ1) is 8.33. The lowest BCUT2D eigenvalue weighted by atomic mass is 10.2. The van der Waals surface area contributed by atoms with Crippen molar-refractivity contribution >= 4 is 16.6 Å². The Balaban J connectivity index is 2.14. The zero-order valence-corrected chi connectivity index (χ0v) is 9.72. The van der Waals surface area contributed by atoms with Gasteiger partial charge in [0.15, 0.2) is 5.65 Å². The van der Waals surface area contributed by atoms with E-state index in [9.17, 15) is 0 Å². The average molecular weight is 223 g/mol. The number of fused-ring (bicyclic) bond motifs is 3. The predicted molar refractivity (Wildman–Crippen MR) is 67.2 cm³/mol. The molecule has 0 bridgehead atoms. The first kappa shape index (κ1) is 9.16. The van der Waals surface area contributed by atoms with E-state index in [0.29, 0.717) is 5.92 Å². The molecule has 0 unspecified atom stereocenters. The molecule has 0 N–H and O–H groups in total. The lowest BCUT2D eigenvalue weighted by Gasteiger charge is -2.02. The van der Waals surface area contributed by atoms with Gasteiger partial charge in [-0.3, -0.25) is 0 Å². The summed E-state index contributed by atoms with van der Waals surface area (Å²) in [5, 5.41) is 5.74. The van der Waals surface area contributed by atoms with Gasteiger partial charge >= 0.3 is 0 Å². The molecule has 1 aromatic carbocycles. The second-order valence-electron chi connectivity index (χ2n) is 4.85. The molecule has 2 heterocycles. The third-order valence-corrected chi connectivity index (χ3v) is 3.47. The summed E-state index contributed by atoms with van der Waals surface area (Å²) < 4.78 is 1.95. The van der Waals surface area contributed by atoms with Crippen LogP contribution >= 0.6 is 0 Å². The number of benzene rings is 1. The fourth-order valence-corrected chi connectivity index (χ4v) is 2.39. The minimum atomic E-state index is 0.687. The van der Waals surface area contributed by atoms with Crippen LogP contribution in [0.1, 0.15) is 30.1 Å². The summed E-state index contributed by atoms with van der Waals surface area (Å²) >= 11 is 0. The highest BCUT2D eigenvalue weighted by atomic mass is 15.3. The van der Waals surface area contributed by atoms with Gasteiger partial charge in [0, 0.05) is 22.7 Å². The second kappa shape index (κ2) is 3.06. The minimum Gasteiger partial charge on any atom is -0.233 e. The number of aryl methyl sites for hydroxylation is 1. The first-order valence-electron chi connectivity index (χ1n) is 6.08. The van der Waals surface area contributed by atoms with Crippen molar-refractivity contribution in [3.8, 4) is 0 Å². The van der Waals surface area contributed by atoms with Crippen LogP contribution in [-0.4, -0.2) is 14.6 Å². The van der Waals surface area contributed by atoms with E-state index in [1.807, 2.05) is 22.7 Å². The summed E-state index contributed by atoms with van der Waals surface area (Å²) in [6.07, 6.45) is 2.57. The van der Waals surface area contributed by atoms with Crippen LogP contribution in [0.5, 0.6) is 0 Å². The van der Waals surface area contributed by atoms with E-state index < -0.39 is 0 Å². The highest BCUT2D eigenvalue weighted by Crippen LogP contribution is 2.39. The van der Waals surface area contributed by atoms with Crippen LogP contribution in [0.3, 0.4) is 0 Å². The molecule has 3 heteroatoms. The molecule has 1 saturated carbocycles. The molecule has 3 aromatic rings. The van der Waals surface area contributed by atoms with Crippen molar-refractivity contribution in [1.82, 2.24) is 14.6 Å². The summed E-state index contributed by atoms with van der Waals surface area (Å²) in [5.74, 6) is 0.687. The number of hydrogen-bond donors (Lipinski definition) is 0. The molecule has 3 nitrogen and oxygen atoms in total. The van der Waals surface area contributed by atoms with Gasteiger partial charge in [0.05, 0.1) is 5.52 Å². The van der Waals surface area contributed by atoms with E-state index in [2.05, 4.69) is 24.2 Å². The van der Waals surface area contributed by atoms with E-state index in [0.717, 1.165) is 16.6 Å². The largest absolute Gasteiger partial charge is 0.233 e. The highest BCUT2D eigenvalue weighted by molar-refractivity contribution is 5.92. The molecule has 0 radical (unpaired) electrons. The topological polar surface area (TPSA) is 30.2 Å². The fraction of sp³-hybridized carbons (Fsp3) is 0.286. The lowest BCUT2D eigenvalue weighted by molar-refractivity contribution is 0.880. The maximum absolute atomic E-state index is 4.79. The van der Waals surface area contributed by atoms with Gasteiger partial charge in [-0.25, -0.2) is 9.50 Å². The highest BCUT2D eigenvalue weighted by Gasteiger charge is 2.26. The van der Waals surface area contributed by atoms with E-state index in [1.165, 1.54) is 24.2 Å². The number of rotatable bonds is 1. The van der Waals surface area contributed by atoms with Crippen LogP contribution in [-0.2, 0) is 0 Å². The monoisotopic (exact) mass is 223 g/mol. The Morgan fingerprint density at radius 1 is 1.24 bits per heavy atom. The van der Waals surface area contributed by atoms with Crippen molar-refractivity contribution in [3.05, 3.63) is 41.7 Å². The molecule has 1 aliphatic carbocycles. The molecule has 1 aliphatic rings. The summed E-state index contributed by atoms with van der Waals surface area (Å²) in [6, 6.07) is 10.4. The molecule has 4 rings (SSSR count). The standard InChI is InChI=1S/C14H13N3/c1-9-8-13(10-6-7-10)15-14-11-4-2-3-5-12(11)16-17(9)14/h2-5,8,10H,6-7H2,1H3. The molecule has 1 fully saturated rings. The smallest absolute Gasteiger partial charge is 0.163 e. The lowest BCUT2D eigenvalue weighted by Crippen LogP contribution is -1.98. The SMILES string of the molecule is Cc1cc(C2CC2)nc2c3ccccc3nn12. The summed E-state index contributed by atoms with van der Waals surface area (Å²) in [5.41, 5.74) is 4.44. The molecule has 0 aliphatic heterocycles. The Hall–Kier alpha value is -1.90. The first-order valence-corrected chi connectivity index (χ1v) is 6.08. The van der Waals surface area contributed by atoms with E-state index in [1.54, 1.807) is 0 Å². The summed E-state index contributed by atoms with van der Waals surface area (Å²) in [7, 11) is 0. The third kappa shape index (κ3) is 1.28. The predicted octanol–water partition coefficient (Wildman–Crippen LogP) is 3.07. The maximum atomic E-state index is 4.79. The quantitative estimate of drug-likeness (QED) is 0.634. The van der Waals surface area contributed by atoms with Crippen LogP contribution in [0.2, 0.25) is 0 Å². The normalized spacial score (nSPS) is 15.8. The molecular formula is C14H13N3. The van der Waals surface area contributed by atoms with Crippen molar-refractivity contribution < 1.29 is 0 Å². The number of hydrogen-bond acceptors (Lipinski definition) is 2. The molecular weight excluding hydrogens is 210 g/mol. The van der Waals surface area contributed by atoms with Crippen LogP contribution in [0.25, 0.3) is 16.6 Å². The third-order valence-electron chi connectivity index (χ3n) is 3.47. The van der Waals surface area contributed by atoms with Crippen molar-refractivity contribution in [3.63, 3.8) is 0 Å². The Bertz CT molecular complexity index is 723. The Morgan fingerprint density at radius 3 is 2.88 bits per heavy atom. The van der Waals surface area contributed by atoms with Gasteiger partial charge in [-0.15, -0.1) is 0 Å². The molecule has 0 spiro atoms. The van der Waals surface area contributed by atoms with E-state index >= 15 is 0 Å². The average Bonchev–Trinajstić information content (AvgIpc) is 3.11. The molecule has 0 saturated heterocycles. The maximum Gasteiger partial charge on any atom is 0.163 e. The summed E-state index contributed by atoms with van der Waals surface area (Å²) in [6.45, 7) is 2.10. The van der Waals surface area contributed by atoms with Gasteiger partial charge in [0.25, 0.3) is 0 Å². The second-order valence-corrected chi connectivity index (χ2v) is 4.85. The molecule has 17 heavy (non-hydrogen) atoms. The molecule has 84 valence electrons. The van der Waals surface area contributed by atoms with Crippen molar-refractivity contribution in [1.29, 1.82) is 0 Å². The summed E-state index contributed by atoms with van der Waals surface area (Å²) in [4.78, 5) is 4.79. The van der Waals surface area contributed by atoms with Crippen molar-refractivity contribution in [2.24, 2.45) is 0 Å². The van der Waals surface area contributed by atoms with E-state index in [-0.39, 0.29) is 0 Å².